The molecule has 84 valence electrons. The zero-order chi connectivity index (χ0) is 11.5. The highest BCUT2D eigenvalue weighted by molar-refractivity contribution is 5.43. The molecule has 16 heavy (non-hydrogen) atoms. The van der Waals surface area contributed by atoms with Gasteiger partial charge >= 0.3 is 0 Å². The number of phenols is 1. The quantitative estimate of drug-likeness (QED) is 0.807. The van der Waals surface area contributed by atoms with Crippen molar-refractivity contribution in [1.82, 2.24) is 5.32 Å². The van der Waals surface area contributed by atoms with Gasteiger partial charge in [0.1, 0.15) is 6.04 Å². The number of nitrogens with one attached hydrogen (secondary N) is 1. The van der Waals surface area contributed by atoms with Crippen molar-refractivity contribution in [2.45, 2.75) is 24.9 Å². The third-order valence-electron chi connectivity index (χ3n) is 2.65. The predicted octanol–water partition coefficient (Wildman–Crippen LogP) is 1.72. The maximum atomic E-state index is 9.62. The van der Waals surface area contributed by atoms with E-state index in [0.717, 1.165) is 18.4 Å². The number of hydrogen-bond donors (Lipinski definition) is 2. The van der Waals surface area contributed by atoms with Crippen LogP contribution in [0.15, 0.2) is 18.2 Å². The molecule has 0 radical (unpaired) electrons. The number of rotatable bonds is 4. The standard InChI is InChI=1S/C12H14N2O2/c1-16-12-5-2-8(6-11(12)15)10(7-13)14-9-3-4-9/h2,5-6,9-10,14-15H,3-4H2,1H3. The van der Waals surface area contributed by atoms with Gasteiger partial charge < -0.3 is 9.84 Å². The van der Waals surface area contributed by atoms with Gasteiger partial charge in [-0.2, -0.15) is 5.26 Å². The van der Waals surface area contributed by atoms with Gasteiger partial charge in [0.25, 0.3) is 0 Å². The van der Waals surface area contributed by atoms with E-state index in [1.165, 1.54) is 7.11 Å². The van der Waals surface area contributed by atoms with E-state index in [-0.39, 0.29) is 11.8 Å². The zero-order valence-electron chi connectivity index (χ0n) is 9.10. The molecule has 1 atom stereocenters. The first kappa shape index (κ1) is 10.8. The predicted molar refractivity (Wildman–Crippen MR) is 59.2 cm³/mol. The Hall–Kier alpha value is -1.73. The molecule has 1 aliphatic rings. The molecule has 1 aromatic carbocycles. The molecule has 2 N–H and O–H groups in total. The summed E-state index contributed by atoms with van der Waals surface area (Å²) in [6, 6.07) is 7.32. The number of hydrogen-bond acceptors (Lipinski definition) is 4. The van der Waals surface area contributed by atoms with E-state index in [0.29, 0.717) is 11.8 Å². The minimum Gasteiger partial charge on any atom is -0.504 e. The molecule has 1 unspecified atom stereocenters. The van der Waals surface area contributed by atoms with Crippen LogP contribution >= 0.6 is 0 Å². The fourth-order valence-corrected chi connectivity index (χ4v) is 1.58. The van der Waals surface area contributed by atoms with Crippen LogP contribution in [-0.4, -0.2) is 18.3 Å². The van der Waals surface area contributed by atoms with E-state index in [9.17, 15) is 5.11 Å². The largest absolute Gasteiger partial charge is 0.504 e. The van der Waals surface area contributed by atoms with Gasteiger partial charge in [-0.1, -0.05) is 6.07 Å². The molecule has 1 fully saturated rings. The molecule has 1 aromatic rings. The maximum absolute atomic E-state index is 9.62. The lowest BCUT2D eigenvalue weighted by atomic mass is 10.1. The summed E-state index contributed by atoms with van der Waals surface area (Å²) in [6.07, 6.45) is 2.25. The second-order valence-electron chi connectivity index (χ2n) is 3.93. The first-order chi connectivity index (χ1) is 7.74. The average Bonchev–Trinajstić information content (AvgIpc) is 3.09. The van der Waals surface area contributed by atoms with Crippen molar-refractivity contribution in [2.75, 3.05) is 7.11 Å². The van der Waals surface area contributed by atoms with Gasteiger partial charge in [0.15, 0.2) is 11.5 Å². The Morgan fingerprint density at radius 2 is 2.31 bits per heavy atom. The van der Waals surface area contributed by atoms with Gasteiger partial charge in [-0.3, -0.25) is 5.32 Å². The number of ether oxygens (including phenoxy) is 1. The van der Waals surface area contributed by atoms with Gasteiger partial charge in [0.2, 0.25) is 0 Å². The lowest BCUT2D eigenvalue weighted by Gasteiger charge is -2.12. The number of aromatic hydroxyl groups is 1. The molecule has 1 saturated carbocycles. The van der Waals surface area contributed by atoms with E-state index < -0.39 is 0 Å². The summed E-state index contributed by atoms with van der Waals surface area (Å²) in [5.74, 6) is 0.490. The van der Waals surface area contributed by atoms with Crippen molar-refractivity contribution in [1.29, 1.82) is 5.26 Å². The van der Waals surface area contributed by atoms with Crippen LogP contribution in [0.1, 0.15) is 24.4 Å². The van der Waals surface area contributed by atoms with E-state index in [1.54, 1.807) is 18.2 Å². The van der Waals surface area contributed by atoms with Crippen molar-refractivity contribution in [3.8, 4) is 17.6 Å². The molecule has 0 heterocycles. The van der Waals surface area contributed by atoms with Crippen molar-refractivity contribution in [3.63, 3.8) is 0 Å². The van der Waals surface area contributed by atoms with Crippen LogP contribution in [0.2, 0.25) is 0 Å². The Labute approximate surface area is 94.5 Å². The molecular weight excluding hydrogens is 204 g/mol. The van der Waals surface area contributed by atoms with E-state index in [4.69, 9.17) is 10.00 Å². The van der Waals surface area contributed by atoms with Gasteiger partial charge in [-0.05, 0) is 30.5 Å². The van der Waals surface area contributed by atoms with Crippen LogP contribution < -0.4 is 10.1 Å². The van der Waals surface area contributed by atoms with E-state index >= 15 is 0 Å². The summed E-state index contributed by atoms with van der Waals surface area (Å²) < 4.78 is 4.95. The third-order valence-corrected chi connectivity index (χ3v) is 2.65. The van der Waals surface area contributed by atoms with E-state index in [2.05, 4.69) is 11.4 Å². The number of phenolic OH excluding ortho intramolecular Hbond substituents is 1. The Kier molecular flexibility index (Phi) is 2.97. The summed E-state index contributed by atoms with van der Waals surface area (Å²) in [7, 11) is 1.50. The molecular formula is C12H14N2O2. The van der Waals surface area contributed by atoms with Crippen molar-refractivity contribution in [3.05, 3.63) is 23.8 Å². The summed E-state index contributed by atoms with van der Waals surface area (Å²) in [4.78, 5) is 0. The molecule has 0 amide bonds. The number of methoxy groups -OCH3 is 1. The molecule has 0 aliphatic heterocycles. The zero-order valence-corrected chi connectivity index (χ0v) is 9.10. The summed E-state index contributed by atoms with van der Waals surface area (Å²) >= 11 is 0. The topological polar surface area (TPSA) is 65.3 Å². The number of nitriles is 1. The third kappa shape index (κ3) is 2.26. The molecule has 0 aromatic heterocycles. The maximum Gasteiger partial charge on any atom is 0.160 e. The van der Waals surface area contributed by atoms with Crippen molar-refractivity contribution < 1.29 is 9.84 Å². The number of nitrogens with zero attached hydrogens (tertiary/aromatic N) is 1. The second kappa shape index (κ2) is 4.42. The number of benzene rings is 1. The fourth-order valence-electron chi connectivity index (χ4n) is 1.58. The molecule has 0 saturated heterocycles. The molecule has 4 heteroatoms. The van der Waals surface area contributed by atoms with E-state index in [1.807, 2.05) is 0 Å². The second-order valence-corrected chi connectivity index (χ2v) is 3.93. The first-order valence-corrected chi connectivity index (χ1v) is 5.27. The lowest BCUT2D eigenvalue weighted by molar-refractivity contribution is 0.372. The Morgan fingerprint density at radius 3 is 2.81 bits per heavy atom. The van der Waals surface area contributed by atoms with Crippen molar-refractivity contribution in [2.24, 2.45) is 0 Å². The molecule has 1 aliphatic carbocycles. The fraction of sp³-hybridized carbons (Fsp3) is 0.417. The van der Waals surface area contributed by atoms with Crippen LogP contribution in [0.5, 0.6) is 11.5 Å². The SMILES string of the molecule is COc1ccc(C(C#N)NC2CC2)cc1O. The van der Waals surface area contributed by atoms with Gasteiger partial charge in [0, 0.05) is 6.04 Å². The molecule has 2 rings (SSSR count). The molecule has 0 bridgehead atoms. The molecule has 4 nitrogen and oxygen atoms in total. The summed E-state index contributed by atoms with van der Waals surface area (Å²) in [6.45, 7) is 0. The van der Waals surface area contributed by atoms with Crippen LogP contribution in [0.4, 0.5) is 0 Å². The average molecular weight is 218 g/mol. The lowest BCUT2D eigenvalue weighted by Crippen LogP contribution is -2.21. The first-order valence-electron chi connectivity index (χ1n) is 5.27. The monoisotopic (exact) mass is 218 g/mol. The highest BCUT2D eigenvalue weighted by Crippen LogP contribution is 2.30. The highest BCUT2D eigenvalue weighted by Gasteiger charge is 2.25. The summed E-state index contributed by atoms with van der Waals surface area (Å²) in [5, 5.41) is 21.9. The van der Waals surface area contributed by atoms with Crippen LogP contribution in [0, 0.1) is 11.3 Å². The Bertz CT molecular complexity index is 422. The normalized spacial score (nSPS) is 16.5. The summed E-state index contributed by atoms with van der Waals surface area (Å²) in [5.41, 5.74) is 0.771. The van der Waals surface area contributed by atoms with Gasteiger partial charge in [-0.25, -0.2) is 0 Å². The minimum absolute atomic E-state index is 0.0675. The smallest absolute Gasteiger partial charge is 0.160 e. The van der Waals surface area contributed by atoms with Crippen LogP contribution in [-0.2, 0) is 0 Å². The van der Waals surface area contributed by atoms with Gasteiger partial charge in [-0.15, -0.1) is 0 Å². The Balaban J connectivity index is 2.17. The highest BCUT2D eigenvalue weighted by atomic mass is 16.5. The van der Waals surface area contributed by atoms with Crippen LogP contribution in [0.3, 0.4) is 0 Å². The molecule has 0 spiro atoms. The Morgan fingerprint density at radius 1 is 1.56 bits per heavy atom. The minimum atomic E-state index is -0.357. The van der Waals surface area contributed by atoms with Crippen molar-refractivity contribution >= 4 is 0 Å². The van der Waals surface area contributed by atoms with Gasteiger partial charge in [0.05, 0.1) is 13.2 Å². The van der Waals surface area contributed by atoms with Crippen LogP contribution in [0.25, 0.3) is 0 Å².